The molecule has 1 rings (SSSR count). The van der Waals surface area contributed by atoms with Crippen molar-refractivity contribution < 1.29 is 9.90 Å². The van der Waals surface area contributed by atoms with Gasteiger partial charge in [-0.1, -0.05) is 22.0 Å². The quantitative estimate of drug-likeness (QED) is 0.652. The molecular formula is C10H9BrO2. The second kappa shape index (κ2) is 4.23. The number of allylic oxidation sites excluding steroid dienone is 1. The van der Waals surface area contributed by atoms with Crippen LogP contribution in [0.5, 0.6) is 5.75 Å². The SMILES string of the molecule is C=CCc1cc(Br)c(C=O)cc1O. The van der Waals surface area contributed by atoms with Crippen molar-refractivity contribution in [2.75, 3.05) is 0 Å². The van der Waals surface area contributed by atoms with Crippen molar-refractivity contribution in [2.45, 2.75) is 6.42 Å². The Morgan fingerprint density at radius 3 is 2.77 bits per heavy atom. The van der Waals surface area contributed by atoms with Crippen molar-refractivity contribution in [3.05, 3.63) is 40.4 Å². The van der Waals surface area contributed by atoms with E-state index in [-0.39, 0.29) is 5.75 Å². The summed E-state index contributed by atoms with van der Waals surface area (Å²) in [6.45, 7) is 3.57. The highest BCUT2D eigenvalue weighted by Gasteiger charge is 2.05. The van der Waals surface area contributed by atoms with E-state index >= 15 is 0 Å². The van der Waals surface area contributed by atoms with Crippen LogP contribution in [0.3, 0.4) is 0 Å². The molecule has 1 aromatic carbocycles. The highest BCUT2D eigenvalue weighted by molar-refractivity contribution is 9.10. The monoisotopic (exact) mass is 240 g/mol. The summed E-state index contributed by atoms with van der Waals surface area (Å²) in [7, 11) is 0. The smallest absolute Gasteiger partial charge is 0.151 e. The zero-order valence-electron chi connectivity index (χ0n) is 6.96. The largest absolute Gasteiger partial charge is 0.508 e. The fourth-order valence-electron chi connectivity index (χ4n) is 1.03. The van der Waals surface area contributed by atoms with E-state index in [0.717, 1.165) is 5.56 Å². The lowest BCUT2D eigenvalue weighted by Gasteiger charge is -2.04. The minimum atomic E-state index is 0.130. The third-order valence-electron chi connectivity index (χ3n) is 1.69. The molecule has 0 heterocycles. The average molecular weight is 241 g/mol. The summed E-state index contributed by atoms with van der Waals surface area (Å²) < 4.78 is 0.692. The van der Waals surface area contributed by atoms with Crippen LogP contribution < -0.4 is 0 Å². The van der Waals surface area contributed by atoms with Crippen LogP contribution in [0.25, 0.3) is 0 Å². The first kappa shape index (κ1) is 9.99. The number of benzene rings is 1. The van der Waals surface area contributed by atoms with Gasteiger partial charge in [-0.2, -0.15) is 0 Å². The molecule has 3 heteroatoms. The number of phenols is 1. The van der Waals surface area contributed by atoms with E-state index in [2.05, 4.69) is 22.5 Å². The van der Waals surface area contributed by atoms with E-state index in [0.29, 0.717) is 22.7 Å². The van der Waals surface area contributed by atoms with Crippen molar-refractivity contribution in [1.82, 2.24) is 0 Å². The van der Waals surface area contributed by atoms with Crippen LogP contribution in [-0.4, -0.2) is 11.4 Å². The first-order chi connectivity index (χ1) is 6.19. The Morgan fingerprint density at radius 2 is 2.23 bits per heavy atom. The fraction of sp³-hybridized carbons (Fsp3) is 0.100. The highest BCUT2D eigenvalue weighted by atomic mass is 79.9. The number of rotatable bonds is 3. The predicted octanol–water partition coefficient (Wildman–Crippen LogP) is 2.70. The fourth-order valence-corrected chi connectivity index (χ4v) is 1.51. The maximum atomic E-state index is 10.5. The Morgan fingerprint density at radius 1 is 1.54 bits per heavy atom. The number of carbonyl (C=O) groups excluding carboxylic acids is 1. The summed E-state index contributed by atoms with van der Waals surface area (Å²) >= 11 is 3.23. The number of hydrogen-bond donors (Lipinski definition) is 1. The van der Waals surface area contributed by atoms with Crippen LogP contribution in [0.2, 0.25) is 0 Å². The number of phenolic OH excluding ortho intramolecular Hbond substituents is 1. The van der Waals surface area contributed by atoms with Gasteiger partial charge in [0.2, 0.25) is 0 Å². The normalized spacial score (nSPS) is 9.62. The molecule has 0 radical (unpaired) electrons. The molecule has 0 unspecified atom stereocenters. The molecule has 0 spiro atoms. The second-order valence-corrected chi connectivity index (χ2v) is 3.47. The van der Waals surface area contributed by atoms with Crippen LogP contribution in [0, 0.1) is 0 Å². The topological polar surface area (TPSA) is 37.3 Å². The first-order valence-electron chi connectivity index (χ1n) is 3.76. The number of halogens is 1. The Labute approximate surface area is 85.0 Å². The van der Waals surface area contributed by atoms with Gasteiger partial charge in [-0.05, 0) is 24.1 Å². The molecule has 0 saturated carbocycles. The van der Waals surface area contributed by atoms with E-state index in [4.69, 9.17) is 0 Å². The Kier molecular flexibility index (Phi) is 3.25. The van der Waals surface area contributed by atoms with Crippen molar-refractivity contribution in [3.8, 4) is 5.75 Å². The number of aromatic hydroxyl groups is 1. The molecule has 0 aliphatic heterocycles. The molecule has 1 N–H and O–H groups in total. The van der Waals surface area contributed by atoms with Gasteiger partial charge in [-0.15, -0.1) is 6.58 Å². The van der Waals surface area contributed by atoms with Crippen LogP contribution in [-0.2, 0) is 6.42 Å². The molecule has 1 aromatic rings. The zero-order chi connectivity index (χ0) is 9.84. The lowest BCUT2D eigenvalue weighted by molar-refractivity contribution is 0.112. The van der Waals surface area contributed by atoms with Gasteiger partial charge in [0, 0.05) is 10.0 Å². The number of aldehydes is 1. The molecule has 68 valence electrons. The first-order valence-corrected chi connectivity index (χ1v) is 4.55. The Hall–Kier alpha value is -1.09. The third-order valence-corrected chi connectivity index (χ3v) is 2.38. The standard InChI is InChI=1S/C10H9BrO2/c1-2-3-7-4-9(11)8(6-12)5-10(7)13/h2,4-6,13H,1,3H2. The van der Waals surface area contributed by atoms with Crippen molar-refractivity contribution in [3.63, 3.8) is 0 Å². The van der Waals surface area contributed by atoms with Gasteiger partial charge in [-0.25, -0.2) is 0 Å². The van der Waals surface area contributed by atoms with Crippen molar-refractivity contribution >= 4 is 22.2 Å². The van der Waals surface area contributed by atoms with Gasteiger partial charge in [-0.3, -0.25) is 4.79 Å². The zero-order valence-corrected chi connectivity index (χ0v) is 8.54. The van der Waals surface area contributed by atoms with Gasteiger partial charge < -0.3 is 5.11 Å². The van der Waals surface area contributed by atoms with E-state index in [9.17, 15) is 9.90 Å². The lowest BCUT2D eigenvalue weighted by atomic mass is 10.1. The molecule has 0 fully saturated rings. The summed E-state index contributed by atoms with van der Waals surface area (Å²) in [4.78, 5) is 10.5. The number of hydrogen-bond acceptors (Lipinski definition) is 2. The molecule has 0 aromatic heterocycles. The van der Waals surface area contributed by atoms with Crippen LogP contribution in [0.15, 0.2) is 29.3 Å². The van der Waals surface area contributed by atoms with E-state index in [1.165, 1.54) is 6.07 Å². The van der Waals surface area contributed by atoms with Crippen LogP contribution >= 0.6 is 15.9 Å². The molecule has 2 nitrogen and oxygen atoms in total. The molecule has 0 aliphatic carbocycles. The third kappa shape index (κ3) is 2.18. The minimum Gasteiger partial charge on any atom is -0.508 e. The van der Waals surface area contributed by atoms with E-state index in [1.807, 2.05) is 0 Å². The molecule has 0 bridgehead atoms. The Bertz CT molecular complexity index is 345. The van der Waals surface area contributed by atoms with E-state index < -0.39 is 0 Å². The highest BCUT2D eigenvalue weighted by Crippen LogP contribution is 2.25. The van der Waals surface area contributed by atoms with Crippen LogP contribution in [0.1, 0.15) is 15.9 Å². The van der Waals surface area contributed by atoms with Crippen molar-refractivity contribution in [1.29, 1.82) is 0 Å². The molecule has 0 amide bonds. The predicted molar refractivity (Wildman–Crippen MR) is 55.1 cm³/mol. The molecular weight excluding hydrogens is 232 g/mol. The molecule has 0 saturated heterocycles. The van der Waals surface area contributed by atoms with Gasteiger partial charge in [0.25, 0.3) is 0 Å². The minimum absolute atomic E-state index is 0.130. The molecule has 0 aliphatic rings. The van der Waals surface area contributed by atoms with Gasteiger partial charge in [0.15, 0.2) is 6.29 Å². The van der Waals surface area contributed by atoms with Crippen LogP contribution in [0.4, 0.5) is 0 Å². The van der Waals surface area contributed by atoms with Gasteiger partial charge in [0.1, 0.15) is 5.75 Å². The second-order valence-electron chi connectivity index (χ2n) is 2.61. The van der Waals surface area contributed by atoms with Crippen molar-refractivity contribution in [2.24, 2.45) is 0 Å². The summed E-state index contributed by atoms with van der Waals surface area (Å²) in [5.74, 6) is 0.130. The summed E-state index contributed by atoms with van der Waals surface area (Å²) in [5.41, 5.74) is 1.21. The summed E-state index contributed by atoms with van der Waals surface area (Å²) in [6, 6.07) is 3.16. The Balaban J connectivity index is 3.19. The van der Waals surface area contributed by atoms with Gasteiger partial charge in [0.05, 0.1) is 0 Å². The lowest BCUT2D eigenvalue weighted by Crippen LogP contribution is -1.88. The molecule has 0 atom stereocenters. The maximum Gasteiger partial charge on any atom is 0.151 e. The maximum absolute atomic E-state index is 10.5. The van der Waals surface area contributed by atoms with Gasteiger partial charge >= 0.3 is 0 Å². The van der Waals surface area contributed by atoms with E-state index in [1.54, 1.807) is 12.1 Å². The number of carbonyl (C=O) groups is 1. The summed E-state index contributed by atoms with van der Waals surface area (Å²) in [6.07, 6.45) is 2.98. The molecule has 13 heavy (non-hydrogen) atoms. The summed E-state index contributed by atoms with van der Waals surface area (Å²) in [5, 5.41) is 9.45. The average Bonchev–Trinajstić information content (AvgIpc) is 2.11.